The molecule has 0 aromatic carbocycles. The largest absolute Gasteiger partial charge is 0.287 e. The Morgan fingerprint density at radius 3 is 1.75 bits per heavy atom. The lowest BCUT2D eigenvalue weighted by Gasteiger charge is -2.21. The summed E-state index contributed by atoms with van der Waals surface area (Å²) in [7, 11) is 0. The summed E-state index contributed by atoms with van der Waals surface area (Å²) < 4.78 is 0. The number of carbonyl (C=O) groups is 2. The monoisotopic (exact) mass is 200 g/mol. The molecule has 3 fully saturated rings. The van der Waals surface area contributed by atoms with E-state index in [4.69, 9.17) is 0 Å². The van der Waals surface area contributed by atoms with Crippen molar-refractivity contribution in [1.29, 1.82) is 0 Å². The molecule has 2 saturated heterocycles. The first-order valence-corrected chi connectivity index (χ1v) is 5.94. The Morgan fingerprint density at radius 1 is 0.917 bits per heavy atom. The van der Waals surface area contributed by atoms with Gasteiger partial charge in [-0.3, -0.25) is 9.59 Å². The second-order valence-electron chi connectivity index (χ2n) is 3.58. The fourth-order valence-corrected chi connectivity index (χ4v) is 5.56. The van der Waals surface area contributed by atoms with Crippen LogP contribution in [-0.2, 0) is 9.59 Å². The van der Waals surface area contributed by atoms with Crippen molar-refractivity contribution in [1.82, 2.24) is 0 Å². The van der Waals surface area contributed by atoms with Crippen molar-refractivity contribution in [3.05, 3.63) is 0 Å². The molecule has 0 aromatic rings. The highest BCUT2D eigenvalue weighted by atomic mass is 32.2. The molecule has 0 radical (unpaired) electrons. The average Bonchev–Trinajstić information content (AvgIpc) is 2.42. The summed E-state index contributed by atoms with van der Waals surface area (Å²) in [5, 5.41) is 1.24. The van der Waals surface area contributed by atoms with Crippen LogP contribution in [0.1, 0.15) is 12.8 Å². The summed E-state index contributed by atoms with van der Waals surface area (Å²) in [6, 6.07) is 0. The van der Waals surface area contributed by atoms with Gasteiger partial charge in [-0.15, -0.1) is 0 Å². The van der Waals surface area contributed by atoms with Gasteiger partial charge in [0.05, 0.1) is 11.8 Å². The first-order valence-electron chi connectivity index (χ1n) is 4.18. The van der Waals surface area contributed by atoms with E-state index >= 15 is 0 Å². The van der Waals surface area contributed by atoms with Gasteiger partial charge in [-0.05, 0) is 12.8 Å². The van der Waals surface area contributed by atoms with Crippen LogP contribution in [0.2, 0.25) is 0 Å². The molecule has 64 valence electrons. The second-order valence-corrected chi connectivity index (χ2v) is 6.07. The van der Waals surface area contributed by atoms with E-state index in [1.165, 1.54) is 23.5 Å². The average molecular weight is 200 g/mol. The topological polar surface area (TPSA) is 34.1 Å². The highest BCUT2D eigenvalue weighted by molar-refractivity contribution is 8.17. The third-order valence-electron chi connectivity index (χ3n) is 3.00. The zero-order chi connectivity index (χ0) is 8.29. The maximum absolute atomic E-state index is 11.5. The van der Waals surface area contributed by atoms with Gasteiger partial charge in [0, 0.05) is 10.5 Å². The molecule has 3 aliphatic rings. The van der Waals surface area contributed by atoms with Crippen LogP contribution >= 0.6 is 23.5 Å². The fourth-order valence-electron chi connectivity index (χ4n) is 2.47. The number of thioether (sulfide) groups is 2. The van der Waals surface area contributed by atoms with Crippen LogP contribution in [0.5, 0.6) is 0 Å². The van der Waals surface area contributed by atoms with Gasteiger partial charge in [-0.25, -0.2) is 0 Å². The van der Waals surface area contributed by atoms with Gasteiger partial charge >= 0.3 is 0 Å². The van der Waals surface area contributed by atoms with Crippen LogP contribution in [0.4, 0.5) is 0 Å². The van der Waals surface area contributed by atoms with E-state index in [2.05, 4.69) is 0 Å². The van der Waals surface area contributed by atoms with Gasteiger partial charge in [0.15, 0.2) is 10.2 Å². The molecule has 12 heavy (non-hydrogen) atoms. The van der Waals surface area contributed by atoms with Crippen molar-refractivity contribution in [3.8, 4) is 0 Å². The van der Waals surface area contributed by atoms with Gasteiger partial charge in [0.2, 0.25) is 0 Å². The van der Waals surface area contributed by atoms with Gasteiger partial charge in [0.1, 0.15) is 0 Å². The van der Waals surface area contributed by atoms with Crippen molar-refractivity contribution < 1.29 is 9.59 Å². The van der Waals surface area contributed by atoms with Crippen molar-refractivity contribution >= 4 is 33.8 Å². The lowest BCUT2D eigenvalue weighted by molar-refractivity contribution is -0.120. The highest BCUT2D eigenvalue weighted by Gasteiger charge is 2.58. The zero-order valence-corrected chi connectivity index (χ0v) is 7.99. The summed E-state index contributed by atoms with van der Waals surface area (Å²) >= 11 is 2.86. The van der Waals surface area contributed by atoms with Crippen LogP contribution in [-0.4, -0.2) is 20.7 Å². The predicted molar refractivity (Wildman–Crippen MR) is 49.0 cm³/mol. The molecular formula is C8H8O2S2. The van der Waals surface area contributed by atoms with Crippen LogP contribution in [0.3, 0.4) is 0 Å². The minimum Gasteiger partial charge on any atom is -0.287 e. The molecule has 4 unspecified atom stereocenters. The smallest absolute Gasteiger partial charge is 0.194 e. The lowest BCUT2D eigenvalue weighted by Crippen LogP contribution is -2.29. The molecule has 1 saturated carbocycles. The molecule has 4 bridgehead atoms. The number of hydrogen-bond donors (Lipinski definition) is 0. The standard InChI is InChI=1S/C8H8O2S2/c9-7-5-3-1-2-4(12-7)6(5)8(10)11-3/h3-6H,1-2H2. The molecule has 2 aliphatic heterocycles. The Hall–Kier alpha value is 0.0400. The van der Waals surface area contributed by atoms with Gasteiger partial charge in [-0.2, -0.15) is 0 Å². The van der Waals surface area contributed by atoms with Crippen LogP contribution in [0.15, 0.2) is 0 Å². The molecule has 0 N–H and O–H groups in total. The van der Waals surface area contributed by atoms with E-state index < -0.39 is 0 Å². The van der Waals surface area contributed by atoms with Crippen LogP contribution < -0.4 is 0 Å². The quantitative estimate of drug-likeness (QED) is 0.590. The van der Waals surface area contributed by atoms with E-state index in [0.29, 0.717) is 10.5 Å². The molecule has 2 nitrogen and oxygen atoms in total. The summed E-state index contributed by atoms with van der Waals surface area (Å²) in [4.78, 5) is 22.9. The maximum Gasteiger partial charge on any atom is 0.194 e. The van der Waals surface area contributed by atoms with E-state index in [1.807, 2.05) is 0 Å². The molecule has 4 atom stereocenters. The Labute approximate surface area is 78.8 Å². The minimum atomic E-state index is 0.0891. The second kappa shape index (κ2) is 2.29. The van der Waals surface area contributed by atoms with Crippen molar-refractivity contribution in [2.75, 3.05) is 0 Å². The Bertz CT molecular complexity index is 248. The first-order chi connectivity index (χ1) is 5.77. The summed E-state index contributed by atoms with van der Waals surface area (Å²) in [6.45, 7) is 0. The summed E-state index contributed by atoms with van der Waals surface area (Å²) in [6.07, 6.45) is 2.14. The van der Waals surface area contributed by atoms with Crippen LogP contribution in [0.25, 0.3) is 0 Å². The molecule has 3 rings (SSSR count). The van der Waals surface area contributed by atoms with Gasteiger partial charge in [0.25, 0.3) is 0 Å². The number of hydrogen-bond acceptors (Lipinski definition) is 4. The lowest BCUT2D eigenvalue weighted by atomic mass is 9.81. The molecule has 0 spiro atoms. The number of rotatable bonds is 0. The van der Waals surface area contributed by atoms with Gasteiger partial charge in [-0.1, -0.05) is 23.5 Å². The Morgan fingerprint density at radius 2 is 1.33 bits per heavy atom. The minimum absolute atomic E-state index is 0.0891. The van der Waals surface area contributed by atoms with E-state index in [1.54, 1.807) is 0 Å². The fraction of sp³-hybridized carbons (Fsp3) is 0.750. The maximum atomic E-state index is 11.5. The SMILES string of the molecule is O=C1SC2CCC3SC(=O)C2C13. The van der Waals surface area contributed by atoms with E-state index in [9.17, 15) is 9.59 Å². The molecule has 4 heteroatoms. The van der Waals surface area contributed by atoms with Gasteiger partial charge < -0.3 is 0 Å². The Balaban J connectivity index is 2.08. The predicted octanol–water partition coefficient (Wildman–Crippen LogP) is 1.30. The van der Waals surface area contributed by atoms with Crippen molar-refractivity contribution in [2.45, 2.75) is 23.3 Å². The molecule has 2 heterocycles. The Kier molecular flexibility index (Phi) is 1.42. The van der Waals surface area contributed by atoms with Crippen LogP contribution in [0, 0.1) is 11.8 Å². The summed E-state index contributed by atoms with van der Waals surface area (Å²) in [5.74, 6) is 0.178. The van der Waals surface area contributed by atoms with E-state index in [-0.39, 0.29) is 22.1 Å². The van der Waals surface area contributed by atoms with E-state index in [0.717, 1.165) is 12.8 Å². The third kappa shape index (κ3) is 0.752. The molecule has 0 amide bonds. The first kappa shape index (κ1) is 7.44. The molecule has 1 aliphatic carbocycles. The summed E-state index contributed by atoms with van der Waals surface area (Å²) in [5.41, 5.74) is 0. The van der Waals surface area contributed by atoms with Crippen molar-refractivity contribution in [2.24, 2.45) is 11.8 Å². The molecule has 0 aromatic heterocycles. The zero-order valence-electron chi connectivity index (χ0n) is 6.36. The van der Waals surface area contributed by atoms with Crippen molar-refractivity contribution in [3.63, 3.8) is 0 Å². The third-order valence-corrected chi connectivity index (χ3v) is 5.68. The highest BCUT2D eigenvalue weighted by Crippen LogP contribution is 2.57. The normalized spacial score (nSPS) is 50.3. The number of carbonyl (C=O) groups excluding carboxylic acids is 2. The molecular weight excluding hydrogens is 192 g/mol.